The molecule has 0 saturated carbocycles. The summed E-state index contributed by atoms with van der Waals surface area (Å²) in [5.74, 6) is 0.234. The second-order valence-corrected chi connectivity index (χ2v) is 5.35. The summed E-state index contributed by atoms with van der Waals surface area (Å²) < 4.78 is 5.31. The zero-order valence-electron chi connectivity index (χ0n) is 10.6. The van der Waals surface area contributed by atoms with E-state index in [0.717, 1.165) is 6.42 Å². The molecule has 0 radical (unpaired) electrons. The lowest BCUT2D eigenvalue weighted by Crippen LogP contribution is -2.41. The van der Waals surface area contributed by atoms with E-state index < -0.39 is 5.60 Å². The molecule has 1 aliphatic heterocycles. The van der Waals surface area contributed by atoms with Crippen molar-refractivity contribution in [2.45, 2.75) is 58.6 Å². The molecule has 0 aromatic heterocycles. The lowest BCUT2D eigenvalue weighted by atomic mass is 10.1. The Morgan fingerprint density at radius 2 is 2.00 bits per heavy atom. The first-order valence-electron chi connectivity index (χ1n) is 5.81. The average Bonchev–Trinajstić information content (AvgIpc) is 2.26. The van der Waals surface area contributed by atoms with Gasteiger partial charge in [-0.05, 0) is 34.1 Å². The number of Topliss-reactive ketones (excluding diaryl/α,β-unsaturated/α-hetero) is 1. The number of carbonyl (C=O) groups is 2. The minimum Gasteiger partial charge on any atom is -0.444 e. The van der Waals surface area contributed by atoms with Crippen molar-refractivity contribution in [3.8, 4) is 0 Å². The molecule has 0 aromatic carbocycles. The van der Waals surface area contributed by atoms with E-state index >= 15 is 0 Å². The van der Waals surface area contributed by atoms with Crippen LogP contribution in [0.4, 0.5) is 4.79 Å². The van der Waals surface area contributed by atoms with Crippen molar-refractivity contribution in [3.63, 3.8) is 0 Å². The Balaban J connectivity index is 2.63. The van der Waals surface area contributed by atoms with Gasteiger partial charge in [0.2, 0.25) is 0 Å². The number of ether oxygens (including phenoxy) is 1. The van der Waals surface area contributed by atoms with E-state index in [4.69, 9.17) is 4.74 Å². The minimum atomic E-state index is -0.479. The van der Waals surface area contributed by atoms with Gasteiger partial charge in [-0.3, -0.25) is 4.79 Å². The van der Waals surface area contributed by atoms with Crippen LogP contribution in [0.3, 0.4) is 0 Å². The molecular weight excluding hydrogens is 206 g/mol. The third kappa shape index (κ3) is 3.83. The first-order chi connectivity index (χ1) is 7.29. The zero-order chi connectivity index (χ0) is 12.3. The zero-order valence-corrected chi connectivity index (χ0v) is 10.6. The molecule has 0 aromatic rings. The average molecular weight is 227 g/mol. The van der Waals surface area contributed by atoms with Crippen molar-refractivity contribution in [3.05, 3.63) is 0 Å². The predicted molar refractivity (Wildman–Crippen MR) is 61.3 cm³/mol. The number of rotatable bonds is 0. The van der Waals surface area contributed by atoms with Gasteiger partial charge < -0.3 is 9.64 Å². The van der Waals surface area contributed by atoms with Crippen molar-refractivity contribution in [1.29, 1.82) is 0 Å². The first-order valence-corrected chi connectivity index (χ1v) is 5.81. The van der Waals surface area contributed by atoms with E-state index in [0.29, 0.717) is 19.4 Å². The van der Waals surface area contributed by atoms with Crippen LogP contribution in [0.1, 0.15) is 47.0 Å². The largest absolute Gasteiger partial charge is 0.444 e. The molecule has 1 fully saturated rings. The van der Waals surface area contributed by atoms with Crippen molar-refractivity contribution < 1.29 is 14.3 Å². The SMILES string of the molecule is C[C@H]1CCC(=O)CCN1C(=O)OC(C)(C)C. The van der Waals surface area contributed by atoms with Gasteiger partial charge in [0.05, 0.1) is 0 Å². The quantitative estimate of drug-likeness (QED) is 0.638. The Kier molecular flexibility index (Phi) is 3.94. The molecule has 1 atom stereocenters. The van der Waals surface area contributed by atoms with Crippen LogP contribution < -0.4 is 0 Å². The minimum absolute atomic E-state index is 0.0845. The van der Waals surface area contributed by atoms with E-state index in [2.05, 4.69) is 0 Å². The van der Waals surface area contributed by atoms with Crippen molar-refractivity contribution in [1.82, 2.24) is 4.90 Å². The Hall–Kier alpha value is -1.06. The molecule has 1 heterocycles. The third-order valence-electron chi connectivity index (χ3n) is 2.63. The highest BCUT2D eigenvalue weighted by Crippen LogP contribution is 2.18. The molecule has 4 heteroatoms. The highest BCUT2D eigenvalue weighted by Gasteiger charge is 2.28. The van der Waals surface area contributed by atoms with Gasteiger partial charge in [0, 0.05) is 25.4 Å². The summed E-state index contributed by atoms with van der Waals surface area (Å²) in [6.07, 6.45) is 1.44. The maximum Gasteiger partial charge on any atom is 0.410 e. The lowest BCUT2D eigenvalue weighted by Gasteiger charge is -2.30. The van der Waals surface area contributed by atoms with Gasteiger partial charge in [0.25, 0.3) is 0 Å². The molecule has 0 unspecified atom stereocenters. The fraction of sp³-hybridized carbons (Fsp3) is 0.833. The Bertz CT molecular complexity index is 280. The Morgan fingerprint density at radius 1 is 1.38 bits per heavy atom. The van der Waals surface area contributed by atoms with E-state index in [-0.39, 0.29) is 17.9 Å². The monoisotopic (exact) mass is 227 g/mol. The summed E-state index contributed by atoms with van der Waals surface area (Å²) in [6.45, 7) is 7.98. The Morgan fingerprint density at radius 3 is 2.56 bits per heavy atom. The van der Waals surface area contributed by atoms with Crippen LogP contribution in [0.25, 0.3) is 0 Å². The fourth-order valence-corrected chi connectivity index (χ4v) is 1.71. The maximum atomic E-state index is 11.9. The van der Waals surface area contributed by atoms with E-state index in [1.165, 1.54) is 0 Å². The van der Waals surface area contributed by atoms with Gasteiger partial charge in [-0.2, -0.15) is 0 Å². The lowest BCUT2D eigenvalue weighted by molar-refractivity contribution is -0.118. The number of likely N-dealkylation sites (tertiary alicyclic amines) is 1. The van der Waals surface area contributed by atoms with Gasteiger partial charge in [0.1, 0.15) is 11.4 Å². The number of hydrogen-bond donors (Lipinski definition) is 0. The number of amides is 1. The number of ketones is 1. The molecular formula is C12H21NO3. The number of hydrogen-bond acceptors (Lipinski definition) is 3. The maximum absolute atomic E-state index is 11.9. The molecule has 0 bridgehead atoms. The number of nitrogens with zero attached hydrogens (tertiary/aromatic N) is 1. The van der Waals surface area contributed by atoms with Crippen LogP contribution in [0, 0.1) is 0 Å². The summed E-state index contributed by atoms with van der Waals surface area (Å²) in [5, 5.41) is 0. The van der Waals surface area contributed by atoms with Gasteiger partial charge in [-0.25, -0.2) is 4.79 Å². The normalized spacial score (nSPS) is 22.9. The highest BCUT2D eigenvalue weighted by molar-refractivity contribution is 5.80. The first kappa shape index (κ1) is 13.0. The van der Waals surface area contributed by atoms with Crippen LogP contribution >= 0.6 is 0 Å². The molecule has 0 spiro atoms. The molecule has 92 valence electrons. The summed E-state index contributed by atoms with van der Waals surface area (Å²) >= 11 is 0. The van der Waals surface area contributed by atoms with Crippen LogP contribution in [-0.4, -0.2) is 35.0 Å². The van der Waals surface area contributed by atoms with E-state index in [1.54, 1.807) is 4.90 Å². The Labute approximate surface area is 96.9 Å². The van der Waals surface area contributed by atoms with Crippen molar-refractivity contribution in [2.24, 2.45) is 0 Å². The molecule has 1 saturated heterocycles. The third-order valence-corrected chi connectivity index (χ3v) is 2.63. The van der Waals surface area contributed by atoms with Gasteiger partial charge in [-0.15, -0.1) is 0 Å². The van der Waals surface area contributed by atoms with Crippen LogP contribution in [-0.2, 0) is 9.53 Å². The summed E-state index contributed by atoms with van der Waals surface area (Å²) in [7, 11) is 0. The van der Waals surface area contributed by atoms with Gasteiger partial charge in [-0.1, -0.05) is 0 Å². The van der Waals surface area contributed by atoms with Crippen LogP contribution in [0.2, 0.25) is 0 Å². The summed E-state index contributed by atoms with van der Waals surface area (Å²) in [6, 6.07) is 0.0845. The van der Waals surface area contributed by atoms with Crippen molar-refractivity contribution in [2.75, 3.05) is 6.54 Å². The van der Waals surface area contributed by atoms with Crippen molar-refractivity contribution >= 4 is 11.9 Å². The molecule has 1 aliphatic rings. The van der Waals surface area contributed by atoms with E-state index in [9.17, 15) is 9.59 Å². The van der Waals surface area contributed by atoms with Gasteiger partial charge in [0.15, 0.2) is 0 Å². The molecule has 4 nitrogen and oxygen atoms in total. The van der Waals surface area contributed by atoms with Crippen LogP contribution in [0.15, 0.2) is 0 Å². The molecule has 1 amide bonds. The standard InChI is InChI=1S/C12H21NO3/c1-9-5-6-10(14)7-8-13(9)11(15)16-12(2,3)4/h9H,5-8H2,1-4H3/t9-/m0/s1. The second kappa shape index (κ2) is 4.85. The molecule has 1 rings (SSSR count). The molecule has 0 aliphatic carbocycles. The predicted octanol–water partition coefficient (Wildman–Crippen LogP) is 2.37. The highest BCUT2D eigenvalue weighted by atomic mass is 16.6. The van der Waals surface area contributed by atoms with Crippen LogP contribution in [0.5, 0.6) is 0 Å². The molecule has 16 heavy (non-hydrogen) atoms. The van der Waals surface area contributed by atoms with E-state index in [1.807, 2.05) is 27.7 Å². The number of carbonyl (C=O) groups excluding carboxylic acids is 2. The second-order valence-electron chi connectivity index (χ2n) is 5.35. The summed E-state index contributed by atoms with van der Waals surface area (Å²) in [4.78, 5) is 24.8. The summed E-state index contributed by atoms with van der Waals surface area (Å²) in [5.41, 5.74) is -0.479. The molecule has 0 N–H and O–H groups in total. The fourth-order valence-electron chi connectivity index (χ4n) is 1.71. The smallest absolute Gasteiger partial charge is 0.410 e. The topological polar surface area (TPSA) is 46.6 Å². The van der Waals surface area contributed by atoms with Gasteiger partial charge >= 0.3 is 6.09 Å².